The molecule has 4 N–H and O–H groups in total. The van der Waals surface area contributed by atoms with Crippen molar-refractivity contribution in [1.82, 2.24) is 15.2 Å². The van der Waals surface area contributed by atoms with Crippen LogP contribution in [0.25, 0.3) is 0 Å². The average Bonchev–Trinajstić information content (AvgIpc) is 2.75. The smallest absolute Gasteiger partial charge is 0.254 e. The normalized spacial score (nSPS) is 19.8. The largest absolute Gasteiger partial charge is 0.348 e. The van der Waals surface area contributed by atoms with Crippen LogP contribution in [0.1, 0.15) is 16.8 Å². The molecule has 0 radical (unpaired) electrons. The maximum Gasteiger partial charge on any atom is 0.254 e. The van der Waals surface area contributed by atoms with Crippen LogP contribution in [0.15, 0.2) is 12.3 Å². The highest BCUT2D eigenvalue weighted by molar-refractivity contribution is 5.95. The minimum atomic E-state index is -0.733. The van der Waals surface area contributed by atoms with Crippen molar-refractivity contribution in [3.63, 3.8) is 0 Å². The summed E-state index contributed by atoms with van der Waals surface area (Å²) >= 11 is 0. The SMILES string of the molecule is CN1CCC(NC(=O)c2ccnc(NN)c2F)C1. The molecule has 1 unspecified atom stereocenters. The van der Waals surface area contributed by atoms with Crippen molar-refractivity contribution in [2.45, 2.75) is 12.5 Å². The standard InChI is InChI=1S/C11H16FN5O/c1-17-5-3-7(6-17)15-11(18)8-2-4-14-10(16-13)9(8)12/h2,4,7H,3,5-6,13H2,1H3,(H,14,16)(H,15,18). The molecule has 1 amide bonds. The highest BCUT2D eigenvalue weighted by Crippen LogP contribution is 2.15. The fraction of sp³-hybridized carbons (Fsp3) is 0.455. The highest BCUT2D eigenvalue weighted by atomic mass is 19.1. The number of nitrogens with two attached hydrogens (primary N) is 1. The van der Waals surface area contributed by atoms with Crippen molar-refractivity contribution in [1.29, 1.82) is 0 Å². The zero-order valence-electron chi connectivity index (χ0n) is 10.1. The lowest BCUT2D eigenvalue weighted by Gasteiger charge is -2.13. The molecule has 1 aromatic rings. The van der Waals surface area contributed by atoms with E-state index in [-0.39, 0.29) is 17.4 Å². The van der Waals surface area contributed by atoms with Gasteiger partial charge in [-0.25, -0.2) is 15.2 Å². The van der Waals surface area contributed by atoms with E-state index in [1.54, 1.807) is 0 Å². The third kappa shape index (κ3) is 2.57. The van der Waals surface area contributed by atoms with Gasteiger partial charge in [-0.05, 0) is 26.1 Å². The van der Waals surface area contributed by atoms with Gasteiger partial charge in [0.25, 0.3) is 5.91 Å². The van der Waals surface area contributed by atoms with Gasteiger partial charge in [0.15, 0.2) is 11.6 Å². The summed E-state index contributed by atoms with van der Waals surface area (Å²) in [6, 6.07) is 1.40. The number of carbonyl (C=O) groups is 1. The van der Waals surface area contributed by atoms with Gasteiger partial charge in [0, 0.05) is 18.8 Å². The number of anilines is 1. The summed E-state index contributed by atoms with van der Waals surface area (Å²) in [7, 11) is 1.98. The summed E-state index contributed by atoms with van der Waals surface area (Å²) < 4.78 is 13.8. The lowest BCUT2D eigenvalue weighted by molar-refractivity contribution is 0.0934. The Balaban J connectivity index is 2.09. The Hall–Kier alpha value is -1.73. The molecule has 18 heavy (non-hydrogen) atoms. The number of nitrogens with one attached hydrogen (secondary N) is 2. The monoisotopic (exact) mass is 253 g/mol. The van der Waals surface area contributed by atoms with Gasteiger partial charge in [-0.3, -0.25) is 4.79 Å². The number of rotatable bonds is 3. The fourth-order valence-electron chi connectivity index (χ4n) is 2.04. The van der Waals surface area contributed by atoms with Crippen molar-refractivity contribution < 1.29 is 9.18 Å². The molecule has 1 fully saturated rings. The van der Waals surface area contributed by atoms with Crippen molar-refractivity contribution in [3.8, 4) is 0 Å². The van der Waals surface area contributed by atoms with Gasteiger partial charge in [-0.1, -0.05) is 0 Å². The zero-order chi connectivity index (χ0) is 13.1. The second-order valence-corrected chi connectivity index (χ2v) is 4.39. The van der Waals surface area contributed by atoms with Crippen LogP contribution in [-0.4, -0.2) is 42.0 Å². The number of amides is 1. The van der Waals surface area contributed by atoms with Gasteiger partial charge in [-0.2, -0.15) is 0 Å². The molecule has 1 saturated heterocycles. The van der Waals surface area contributed by atoms with Gasteiger partial charge in [0.05, 0.1) is 5.56 Å². The molecule has 1 atom stereocenters. The third-order valence-electron chi connectivity index (χ3n) is 3.00. The number of carbonyl (C=O) groups excluding carboxylic acids is 1. The molecule has 98 valence electrons. The van der Waals surface area contributed by atoms with Crippen molar-refractivity contribution in [3.05, 3.63) is 23.6 Å². The van der Waals surface area contributed by atoms with E-state index >= 15 is 0 Å². The van der Waals surface area contributed by atoms with Crippen LogP contribution in [0.2, 0.25) is 0 Å². The number of hydrogen-bond acceptors (Lipinski definition) is 5. The van der Waals surface area contributed by atoms with E-state index in [0.29, 0.717) is 0 Å². The second kappa shape index (κ2) is 5.28. The van der Waals surface area contributed by atoms with E-state index in [0.717, 1.165) is 19.5 Å². The van der Waals surface area contributed by atoms with Gasteiger partial charge < -0.3 is 15.6 Å². The zero-order valence-corrected chi connectivity index (χ0v) is 10.1. The molecule has 7 heteroatoms. The first-order chi connectivity index (χ1) is 8.61. The van der Waals surface area contributed by atoms with Gasteiger partial charge in [0.2, 0.25) is 0 Å². The van der Waals surface area contributed by atoms with Gasteiger partial charge >= 0.3 is 0 Å². The Labute approximate surface area is 104 Å². The topological polar surface area (TPSA) is 83.3 Å². The molecule has 1 aliphatic rings. The Morgan fingerprint density at radius 1 is 1.67 bits per heavy atom. The number of pyridine rings is 1. The van der Waals surface area contributed by atoms with Crippen LogP contribution in [0.5, 0.6) is 0 Å². The van der Waals surface area contributed by atoms with Crippen molar-refractivity contribution in [2.24, 2.45) is 5.84 Å². The first kappa shape index (κ1) is 12.7. The van der Waals surface area contributed by atoms with Crippen molar-refractivity contribution >= 4 is 11.7 Å². The third-order valence-corrected chi connectivity index (χ3v) is 3.00. The number of aromatic nitrogens is 1. The molecule has 1 aliphatic heterocycles. The van der Waals surface area contributed by atoms with E-state index in [2.05, 4.69) is 20.6 Å². The molecule has 1 aromatic heterocycles. The Kier molecular flexibility index (Phi) is 3.73. The molecule has 2 rings (SSSR count). The highest BCUT2D eigenvalue weighted by Gasteiger charge is 2.23. The van der Waals surface area contributed by atoms with Crippen molar-refractivity contribution in [2.75, 3.05) is 25.6 Å². The van der Waals surface area contributed by atoms with E-state index in [1.807, 2.05) is 7.05 Å². The second-order valence-electron chi connectivity index (χ2n) is 4.39. The van der Waals surface area contributed by atoms with Crippen LogP contribution in [0, 0.1) is 5.82 Å². The first-order valence-electron chi connectivity index (χ1n) is 5.72. The predicted molar refractivity (Wildman–Crippen MR) is 65.4 cm³/mol. The van der Waals surface area contributed by atoms with Crippen LogP contribution >= 0.6 is 0 Å². The summed E-state index contributed by atoms with van der Waals surface area (Å²) in [6.45, 7) is 1.71. The van der Waals surface area contributed by atoms with Crippen LogP contribution < -0.4 is 16.6 Å². The van der Waals surface area contributed by atoms with Crippen LogP contribution in [0.3, 0.4) is 0 Å². The summed E-state index contributed by atoms with van der Waals surface area (Å²) in [5.41, 5.74) is 2.07. The quantitative estimate of drug-likeness (QED) is 0.519. The molecule has 0 spiro atoms. The summed E-state index contributed by atoms with van der Waals surface area (Å²) in [4.78, 5) is 17.7. The number of nitrogen functional groups attached to an aromatic ring is 1. The minimum absolute atomic E-state index is 0.0486. The van der Waals surface area contributed by atoms with Crippen LogP contribution in [-0.2, 0) is 0 Å². The summed E-state index contributed by atoms with van der Waals surface area (Å²) in [5.74, 6) is 3.81. The van der Waals surface area contributed by atoms with E-state index in [4.69, 9.17) is 5.84 Å². The number of halogens is 1. The molecule has 0 saturated carbocycles. The minimum Gasteiger partial charge on any atom is -0.348 e. The molecule has 0 aromatic carbocycles. The van der Waals surface area contributed by atoms with E-state index < -0.39 is 11.7 Å². The molecule has 0 aliphatic carbocycles. The Bertz CT molecular complexity index is 453. The van der Waals surface area contributed by atoms with Gasteiger partial charge in [0.1, 0.15) is 0 Å². The predicted octanol–water partition coefficient (Wildman–Crippen LogP) is -0.0598. The van der Waals surface area contributed by atoms with Gasteiger partial charge in [-0.15, -0.1) is 0 Å². The summed E-state index contributed by atoms with van der Waals surface area (Å²) in [6.07, 6.45) is 2.21. The Morgan fingerprint density at radius 2 is 2.44 bits per heavy atom. The fourth-order valence-corrected chi connectivity index (χ4v) is 2.04. The lowest BCUT2D eigenvalue weighted by Crippen LogP contribution is -2.37. The number of hydrazine groups is 1. The number of hydrogen-bond donors (Lipinski definition) is 3. The number of likely N-dealkylation sites (tertiary alicyclic amines) is 1. The molecular formula is C11H16FN5O. The van der Waals surface area contributed by atoms with Crippen LogP contribution in [0.4, 0.5) is 10.2 Å². The maximum absolute atomic E-state index is 13.8. The lowest BCUT2D eigenvalue weighted by atomic mass is 10.2. The van der Waals surface area contributed by atoms with E-state index in [1.165, 1.54) is 12.3 Å². The number of likely N-dealkylation sites (N-methyl/N-ethyl adjacent to an activating group) is 1. The Morgan fingerprint density at radius 3 is 3.06 bits per heavy atom. The molecule has 0 bridgehead atoms. The average molecular weight is 253 g/mol. The number of nitrogens with zero attached hydrogens (tertiary/aromatic N) is 2. The summed E-state index contributed by atoms with van der Waals surface area (Å²) in [5, 5.41) is 2.80. The maximum atomic E-state index is 13.8. The molecule has 6 nitrogen and oxygen atoms in total. The molecular weight excluding hydrogens is 237 g/mol. The van der Waals surface area contributed by atoms with E-state index in [9.17, 15) is 9.18 Å². The molecule has 2 heterocycles. The first-order valence-corrected chi connectivity index (χ1v) is 5.72.